The molecule has 5 heteroatoms. The minimum Gasteiger partial charge on any atom is -0.339 e. The molecule has 2 aromatic rings. The first-order valence-corrected chi connectivity index (χ1v) is 7.29. The van der Waals surface area contributed by atoms with Crippen molar-refractivity contribution in [3.05, 3.63) is 41.8 Å². The van der Waals surface area contributed by atoms with Crippen LogP contribution in [0.2, 0.25) is 0 Å². The molecule has 0 saturated carbocycles. The molecule has 0 unspecified atom stereocenters. The summed E-state index contributed by atoms with van der Waals surface area (Å²) in [5.74, 6) is 2.12. The highest BCUT2D eigenvalue weighted by Crippen LogP contribution is 2.26. The maximum atomic E-state index is 5.17. The Hall–Kier alpha value is -1.75. The van der Waals surface area contributed by atoms with Gasteiger partial charge in [-0.05, 0) is 43.0 Å². The lowest BCUT2D eigenvalue weighted by Gasteiger charge is -2.32. The third kappa shape index (κ3) is 3.04. The van der Waals surface area contributed by atoms with Gasteiger partial charge in [-0.25, -0.2) is 0 Å². The van der Waals surface area contributed by atoms with Crippen LogP contribution in [0.15, 0.2) is 29.0 Å². The van der Waals surface area contributed by atoms with Gasteiger partial charge in [-0.3, -0.25) is 9.88 Å². The lowest BCUT2D eigenvalue weighted by Crippen LogP contribution is -2.34. The van der Waals surface area contributed by atoms with Gasteiger partial charge in [0.2, 0.25) is 5.89 Å². The van der Waals surface area contributed by atoms with Crippen LogP contribution in [-0.4, -0.2) is 33.1 Å². The van der Waals surface area contributed by atoms with Gasteiger partial charge in [-0.1, -0.05) is 12.1 Å². The lowest BCUT2D eigenvalue weighted by molar-refractivity contribution is 0.193. The van der Waals surface area contributed by atoms with E-state index in [2.05, 4.69) is 32.2 Å². The van der Waals surface area contributed by atoms with Gasteiger partial charge in [-0.15, -0.1) is 0 Å². The van der Waals surface area contributed by atoms with Crippen LogP contribution in [0.5, 0.6) is 0 Å². The predicted octanol–water partition coefficient (Wildman–Crippen LogP) is 2.41. The summed E-state index contributed by atoms with van der Waals surface area (Å²) in [5.41, 5.74) is 1.38. The minimum atomic E-state index is 0.587. The molecule has 3 rings (SSSR count). The first-order valence-electron chi connectivity index (χ1n) is 7.29. The van der Waals surface area contributed by atoms with Crippen LogP contribution in [0.1, 0.15) is 43.0 Å². The lowest BCUT2D eigenvalue weighted by atomic mass is 9.91. The van der Waals surface area contributed by atoms with Crippen molar-refractivity contribution >= 4 is 0 Å². The second-order valence-electron chi connectivity index (χ2n) is 5.31. The van der Waals surface area contributed by atoms with E-state index in [-0.39, 0.29) is 0 Å². The molecule has 1 fully saturated rings. The molecule has 0 amide bonds. The highest BCUT2D eigenvalue weighted by molar-refractivity contribution is 5.17. The smallest absolute Gasteiger partial charge is 0.226 e. The van der Waals surface area contributed by atoms with Crippen LogP contribution < -0.4 is 0 Å². The van der Waals surface area contributed by atoms with Gasteiger partial charge in [0.1, 0.15) is 0 Å². The van der Waals surface area contributed by atoms with E-state index in [1.165, 1.54) is 18.4 Å². The van der Waals surface area contributed by atoms with Gasteiger partial charge >= 0.3 is 0 Å². The van der Waals surface area contributed by atoms with Crippen molar-refractivity contribution in [2.24, 2.45) is 0 Å². The topological polar surface area (TPSA) is 55.1 Å². The van der Waals surface area contributed by atoms with Gasteiger partial charge in [0.15, 0.2) is 5.82 Å². The first-order chi connectivity index (χ1) is 9.85. The number of nitrogens with zero attached hydrogens (tertiary/aromatic N) is 4. The Labute approximate surface area is 119 Å². The van der Waals surface area contributed by atoms with Crippen LogP contribution in [0.4, 0.5) is 0 Å². The molecule has 2 aromatic heterocycles. The van der Waals surface area contributed by atoms with Crippen molar-refractivity contribution in [2.75, 3.05) is 13.1 Å². The van der Waals surface area contributed by atoms with Gasteiger partial charge in [-0.2, -0.15) is 4.98 Å². The van der Waals surface area contributed by atoms with Gasteiger partial charge in [0, 0.05) is 25.4 Å². The summed E-state index contributed by atoms with van der Waals surface area (Å²) in [6.45, 7) is 4.97. The summed E-state index contributed by atoms with van der Waals surface area (Å²) in [4.78, 5) is 10.9. The summed E-state index contributed by atoms with van der Waals surface area (Å²) in [5, 5.41) is 4.04. The Morgan fingerprint density at radius 1 is 1.35 bits per heavy atom. The molecule has 0 aliphatic carbocycles. The fourth-order valence-corrected chi connectivity index (χ4v) is 2.80. The molecule has 0 radical (unpaired) electrons. The number of rotatable bonds is 4. The van der Waals surface area contributed by atoms with Gasteiger partial charge in [0.05, 0.1) is 6.54 Å². The average Bonchev–Trinajstić information content (AvgIpc) is 2.96. The molecule has 1 aliphatic rings. The Bertz CT molecular complexity index is 540. The van der Waals surface area contributed by atoms with Crippen molar-refractivity contribution < 1.29 is 4.52 Å². The second-order valence-corrected chi connectivity index (χ2v) is 5.31. The highest BCUT2D eigenvalue weighted by atomic mass is 16.5. The number of likely N-dealkylation sites (tertiary alicyclic amines) is 1. The zero-order valence-electron chi connectivity index (χ0n) is 11.8. The van der Waals surface area contributed by atoms with E-state index in [1.807, 2.05) is 19.3 Å². The number of hydrogen-bond acceptors (Lipinski definition) is 5. The molecule has 1 saturated heterocycles. The molecule has 3 heterocycles. The van der Waals surface area contributed by atoms with Crippen LogP contribution in [0.3, 0.4) is 0 Å². The molecule has 0 N–H and O–H groups in total. The number of pyridine rings is 1. The fraction of sp³-hybridized carbons (Fsp3) is 0.533. The molecule has 106 valence electrons. The van der Waals surface area contributed by atoms with E-state index >= 15 is 0 Å². The molecule has 0 bridgehead atoms. The molecule has 0 aromatic carbocycles. The van der Waals surface area contributed by atoms with E-state index < -0.39 is 0 Å². The van der Waals surface area contributed by atoms with Crippen LogP contribution in [0, 0.1) is 0 Å². The maximum Gasteiger partial charge on any atom is 0.226 e. The third-order valence-electron chi connectivity index (χ3n) is 3.86. The van der Waals surface area contributed by atoms with Crippen molar-refractivity contribution in [1.82, 2.24) is 20.0 Å². The standard InChI is InChI=1S/C15H20N4O/c1-2-15-17-14(18-20-15)11-19-9-3-4-13(10-19)12-5-7-16-8-6-12/h5-8,13H,2-4,9-11H2,1H3/t13-/m1/s1. The Kier molecular flexibility index (Phi) is 4.06. The molecule has 1 aliphatic heterocycles. The summed E-state index contributed by atoms with van der Waals surface area (Å²) in [6.07, 6.45) is 7.01. The van der Waals surface area contributed by atoms with Crippen LogP contribution in [-0.2, 0) is 13.0 Å². The van der Waals surface area contributed by atoms with Crippen LogP contribution in [0.25, 0.3) is 0 Å². The van der Waals surface area contributed by atoms with E-state index in [0.717, 1.165) is 37.8 Å². The SMILES string of the molecule is CCc1nc(CN2CCC[C@@H](c3ccncc3)C2)no1. The van der Waals surface area contributed by atoms with Crippen molar-refractivity contribution in [1.29, 1.82) is 0 Å². The van der Waals surface area contributed by atoms with E-state index in [4.69, 9.17) is 4.52 Å². The third-order valence-corrected chi connectivity index (χ3v) is 3.86. The zero-order chi connectivity index (χ0) is 13.8. The van der Waals surface area contributed by atoms with E-state index in [0.29, 0.717) is 5.92 Å². The summed E-state index contributed by atoms with van der Waals surface area (Å²) >= 11 is 0. The summed E-state index contributed by atoms with van der Waals surface area (Å²) in [7, 11) is 0. The maximum absolute atomic E-state index is 5.17. The second kappa shape index (κ2) is 6.13. The molecule has 1 atom stereocenters. The Morgan fingerprint density at radius 3 is 2.95 bits per heavy atom. The minimum absolute atomic E-state index is 0.587. The molecule has 5 nitrogen and oxygen atoms in total. The Morgan fingerprint density at radius 2 is 2.20 bits per heavy atom. The summed E-state index contributed by atoms with van der Waals surface area (Å²) in [6, 6.07) is 4.25. The van der Waals surface area contributed by atoms with Crippen molar-refractivity contribution in [3.8, 4) is 0 Å². The van der Waals surface area contributed by atoms with E-state index in [1.54, 1.807) is 0 Å². The van der Waals surface area contributed by atoms with E-state index in [9.17, 15) is 0 Å². The zero-order valence-corrected chi connectivity index (χ0v) is 11.8. The molecule has 0 spiro atoms. The monoisotopic (exact) mass is 272 g/mol. The molecular formula is C15H20N4O. The number of piperidine rings is 1. The normalized spacial score (nSPS) is 20.1. The largest absolute Gasteiger partial charge is 0.339 e. The number of aryl methyl sites for hydroxylation is 1. The summed E-state index contributed by atoms with van der Waals surface area (Å²) < 4.78 is 5.17. The quantitative estimate of drug-likeness (QED) is 0.855. The average molecular weight is 272 g/mol. The first kappa shape index (κ1) is 13.2. The van der Waals surface area contributed by atoms with Crippen LogP contribution >= 0.6 is 0 Å². The van der Waals surface area contributed by atoms with Gasteiger partial charge < -0.3 is 4.52 Å². The van der Waals surface area contributed by atoms with Crippen molar-refractivity contribution in [2.45, 2.75) is 38.6 Å². The highest BCUT2D eigenvalue weighted by Gasteiger charge is 2.22. The molecular weight excluding hydrogens is 252 g/mol. The Balaban J connectivity index is 1.63. The molecule has 20 heavy (non-hydrogen) atoms. The number of hydrogen-bond donors (Lipinski definition) is 0. The van der Waals surface area contributed by atoms with Crippen molar-refractivity contribution in [3.63, 3.8) is 0 Å². The number of aromatic nitrogens is 3. The predicted molar refractivity (Wildman–Crippen MR) is 75.2 cm³/mol. The van der Waals surface area contributed by atoms with Gasteiger partial charge in [0.25, 0.3) is 0 Å². The fourth-order valence-electron chi connectivity index (χ4n) is 2.80.